The van der Waals surface area contributed by atoms with Gasteiger partial charge in [0, 0.05) is 12.1 Å². The molecule has 3 atom stereocenters. The van der Waals surface area contributed by atoms with E-state index in [1.807, 2.05) is 24.3 Å². The van der Waals surface area contributed by atoms with Crippen LogP contribution in [0.1, 0.15) is 39.2 Å². The molecule has 0 heterocycles. The Morgan fingerprint density at radius 3 is 2.12 bits per heavy atom. The highest BCUT2D eigenvalue weighted by atomic mass is 31.1. The van der Waals surface area contributed by atoms with Crippen molar-refractivity contribution in [1.29, 1.82) is 0 Å². The van der Waals surface area contributed by atoms with Gasteiger partial charge >= 0.3 is 20.0 Å². The minimum Gasteiger partial charge on any atom is -0.481 e. The molecule has 0 fully saturated rings. The van der Waals surface area contributed by atoms with Crippen LogP contribution in [0.4, 0.5) is 5.69 Å². The number of carbonyl (C=O) groups is 2. The zero-order chi connectivity index (χ0) is 19.2. The fraction of sp³-hybridized carbons (Fsp3) is 0.529. The number of rotatable bonds is 9. The summed E-state index contributed by atoms with van der Waals surface area (Å²) in [6.45, 7) is 6.22. The monoisotopic (exact) mass is 370 g/mol. The molecule has 1 rings (SSSR count). The first-order valence-electron chi connectivity index (χ1n) is 7.96. The van der Waals surface area contributed by atoms with Gasteiger partial charge in [-0.25, -0.2) is 0 Å². The number of carboxylic acids is 2. The van der Waals surface area contributed by atoms with Gasteiger partial charge in [-0.2, -0.15) is 4.89 Å². The van der Waals surface area contributed by atoms with E-state index in [0.29, 0.717) is 5.69 Å². The lowest BCUT2D eigenvalue weighted by molar-refractivity contribution is -0.142. The molecule has 0 amide bonds. The van der Waals surface area contributed by atoms with Crippen molar-refractivity contribution in [2.45, 2.75) is 44.7 Å². The van der Waals surface area contributed by atoms with Crippen LogP contribution in [-0.4, -0.2) is 39.2 Å². The van der Waals surface area contributed by atoms with Gasteiger partial charge in [0.1, 0.15) is 5.92 Å². The van der Waals surface area contributed by atoms with Crippen molar-refractivity contribution < 1.29 is 29.3 Å². The van der Waals surface area contributed by atoms with Gasteiger partial charge in [0.05, 0.1) is 6.54 Å². The van der Waals surface area contributed by atoms with Gasteiger partial charge in [-0.15, -0.1) is 0 Å². The standard InChI is InChI=1S/C17H24NO6P/c1-17(2,3)11-4-6-12(7-5-11)18-10-14(25(23)24)13(16(21)22)8-9-15(19)20/h4-7,13-14,18H,8-10H2,1-3H3,(H2-,19,20,21,22,23,24)/p+1. The van der Waals surface area contributed by atoms with Crippen molar-refractivity contribution in [2.75, 3.05) is 11.9 Å². The highest BCUT2D eigenvalue weighted by molar-refractivity contribution is 7.39. The molecule has 25 heavy (non-hydrogen) atoms. The number of hydrogen-bond donors (Lipinski definition) is 4. The van der Waals surface area contributed by atoms with Crippen molar-refractivity contribution in [3.8, 4) is 0 Å². The van der Waals surface area contributed by atoms with E-state index in [9.17, 15) is 24.2 Å². The Labute approximate surface area is 147 Å². The fourth-order valence-electron chi connectivity index (χ4n) is 2.44. The molecule has 0 aromatic heterocycles. The molecule has 0 saturated carbocycles. The number of carboxylic acid groups (broad SMARTS) is 2. The summed E-state index contributed by atoms with van der Waals surface area (Å²) in [7, 11) is -2.77. The van der Waals surface area contributed by atoms with Gasteiger partial charge in [0.15, 0.2) is 0 Å². The zero-order valence-corrected chi connectivity index (χ0v) is 15.5. The summed E-state index contributed by atoms with van der Waals surface area (Å²) in [6.07, 6.45) is -0.557. The predicted octanol–water partition coefficient (Wildman–Crippen LogP) is 3.06. The first kappa shape index (κ1) is 21.1. The largest absolute Gasteiger partial charge is 0.511 e. The van der Waals surface area contributed by atoms with Gasteiger partial charge in [-0.05, 0) is 34.1 Å². The second-order valence-electron chi connectivity index (χ2n) is 6.96. The van der Waals surface area contributed by atoms with E-state index < -0.39 is 31.5 Å². The third kappa shape index (κ3) is 6.80. The van der Waals surface area contributed by atoms with E-state index in [2.05, 4.69) is 26.1 Å². The molecule has 0 spiro atoms. The maximum Gasteiger partial charge on any atom is 0.511 e. The molecule has 8 heteroatoms. The second kappa shape index (κ2) is 8.92. The van der Waals surface area contributed by atoms with Crippen molar-refractivity contribution in [3.63, 3.8) is 0 Å². The normalized spacial score (nSPS) is 14.5. The predicted molar refractivity (Wildman–Crippen MR) is 95.2 cm³/mol. The molecule has 0 aliphatic heterocycles. The Bertz CT molecular complexity index is 623. The summed E-state index contributed by atoms with van der Waals surface area (Å²) in [5.74, 6) is -3.61. The summed E-state index contributed by atoms with van der Waals surface area (Å²) in [6, 6.07) is 7.54. The van der Waals surface area contributed by atoms with Crippen LogP contribution >= 0.6 is 8.03 Å². The van der Waals surface area contributed by atoms with Gasteiger partial charge in [-0.1, -0.05) is 32.9 Å². The highest BCUT2D eigenvalue weighted by Gasteiger charge is 2.42. The third-order valence-corrected chi connectivity index (χ3v) is 5.11. The zero-order valence-electron chi connectivity index (χ0n) is 14.6. The summed E-state index contributed by atoms with van der Waals surface area (Å²) in [5, 5.41) is 21.0. The Morgan fingerprint density at radius 1 is 1.16 bits per heavy atom. The van der Waals surface area contributed by atoms with E-state index in [-0.39, 0.29) is 24.8 Å². The van der Waals surface area contributed by atoms with Crippen LogP contribution in [0.5, 0.6) is 0 Å². The lowest BCUT2D eigenvalue weighted by Gasteiger charge is -2.20. The average Bonchev–Trinajstić information content (AvgIpc) is 2.49. The molecule has 1 aromatic rings. The minimum absolute atomic E-state index is 0.000733. The lowest BCUT2D eigenvalue weighted by Crippen LogP contribution is -2.32. The summed E-state index contributed by atoms with van der Waals surface area (Å²) in [4.78, 5) is 31.5. The quantitative estimate of drug-likeness (QED) is 0.492. The number of aliphatic carboxylic acids is 2. The van der Waals surface area contributed by atoms with E-state index in [1.165, 1.54) is 0 Å². The first-order chi connectivity index (χ1) is 11.5. The molecular weight excluding hydrogens is 345 g/mol. The Kier molecular flexibility index (Phi) is 7.52. The second-order valence-corrected chi connectivity index (χ2v) is 8.22. The van der Waals surface area contributed by atoms with Crippen LogP contribution in [0.3, 0.4) is 0 Å². The van der Waals surface area contributed by atoms with E-state index >= 15 is 0 Å². The van der Waals surface area contributed by atoms with Gasteiger partial charge in [0.2, 0.25) is 5.66 Å². The fourth-order valence-corrected chi connectivity index (χ4v) is 3.28. The van der Waals surface area contributed by atoms with Crippen LogP contribution in [0.25, 0.3) is 0 Å². The first-order valence-corrected chi connectivity index (χ1v) is 9.24. The Morgan fingerprint density at radius 2 is 1.72 bits per heavy atom. The molecule has 0 saturated heterocycles. The molecule has 0 bridgehead atoms. The molecule has 3 unspecified atom stereocenters. The van der Waals surface area contributed by atoms with Crippen LogP contribution < -0.4 is 5.32 Å². The molecule has 0 aliphatic carbocycles. The number of hydrogen-bond acceptors (Lipinski definition) is 4. The van der Waals surface area contributed by atoms with Crippen LogP contribution in [0, 0.1) is 5.92 Å². The van der Waals surface area contributed by atoms with E-state index in [0.717, 1.165) is 5.56 Å². The topological polar surface area (TPSA) is 124 Å². The number of anilines is 1. The maximum absolute atomic E-state index is 11.6. The number of benzene rings is 1. The average molecular weight is 370 g/mol. The molecular formula is C17H25NO6P+. The molecule has 138 valence electrons. The van der Waals surface area contributed by atoms with Crippen molar-refractivity contribution in [2.24, 2.45) is 5.92 Å². The van der Waals surface area contributed by atoms with Gasteiger partial charge in [0.25, 0.3) is 0 Å². The maximum atomic E-state index is 11.6. The molecule has 0 radical (unpaired) electrons. The molecule has 7 nitrogen and oxygen atoms in total. The summed E-state index contributed by atoms with van der Waals surface area (Å²) >= 11 is 0. The third-order valence-electron chi connectivity index (χ3n) is 4.00. The molecule has 0 aliphatic rings. The van der Waals surface area contributed by atoms with Crippen LogP contribution in [0.15, 0.2) is 24.3 Å². The highest BCUT2D eigenvalue weighted by Crippen LogP contribution is 2.32. The lowest BCUT2D eigenvalue weighted by atomic mass is 9.87. The summed E-state index contributed by atoms with van der Waals surface area (Å²) in [5.41, 5.74) is 0.764. The smallest absolute Gasteiger partial charge is 0.481 e. The van der Waals surface area contributed by atoms with Gasteiger partial charge < -0.3 is 15.5 Å². The van der Waals surface area contributed by atoms with Crippen LogP contribution in [-0.2, 0) is 19.6 Å². The summed E-state index contributed by atoms with van der Waals surface area (Å²) < 4.78 is 11.6. The Balaban J connectivity index is 2.81. The van der Waals surface area contributed by atoms with Gasteiger partial charge in [-0.3, -0.25) is 9.59 Å². The van der Waals surface area contributed by atoms with Crippen molar-refractivity contribution in [1.82, 2.24) is 0 Å². The van der Waals surface area contributed by atoms with Crippen molar-refractivity contribution >= 4 is 25.7 Å². The van der Waals surface area contributed by atoms with Crippen LogP contribution in [0.2, 0.25) is 0 Å². The number of nitrogens with one attached hydrogen (secondary N) is 1. The minimum atomic E-state index is -2.77. The van der Waals surface area contributed by atoms with E-state index in [1.54, 1.807) is 0 Å². The molecule has 4 N–H and O–H groups in total. The van der Waals surface area contributed by atoms with E-state index in [4.69, 9.17) is 5.11 Å². The Hall–Kier alpha value is -1.98. The SMILES string of the molecule is CC(C)(C)c1ccc(NCC(C(CCC(=O)O)C(=O)O)[P+](=O)O)cc1. The molecule has 1 aromatic carbocycles. The van der Waals surface area contributed by atoms with Crippen molar-refractivity contribution in [3.05, 3.63) is 29.8 Å².